The predicted molar refractivity (Wildman–Crippen MR) is 74.4 cm³/mol. The number of anilines is 1. The van der Waals surface area contributed by atoms with E-state index in [1.807, 2.05) is 0 Å². The highest BCUT2D eigenvalue weighted by Gasteiger charge is 2.40. The molecule has 0 saturated carbocycles. The van der Waals surface area contributed by atoms with Crippen LogP contribution in [0.25, 0.3) is 0 Å². The Balaban J connectivity index is 2.06. The number of benzene rings is 1. The van der Waals surface area contributed by atoms with Crippen LogP contribution in [0, 0.1) is 5.82 Å². The maximum atomic E-state index is 14.0. The number of Topliss-reactive ketones (excluding diaryl/α,β-unsaturated/α-hetero) is 1. The Kier molecular flexibility index (Phi) is 3.20. The molecule has 0 unspecified atom stereocenters. The zero-order chi connectivity index (χ0) is 15.1. The molecule has 0 fully saturated rings. The molecule has 5 heteroatoms. The van der Waals surface area contributed by atoms with Gasteiger partial charge in [0.1, 0.15) is 5.82 Å². The van der Waals surface area contributed by atoms with E-state index < -0.39 is 17.6 Å². The van der Waals surface area contributed by atoms with E-state index in [9.17, 15) is 18.8 Å². The minimum absolute atomic E-state index is 0.132. The van der Waals surface area contributed by atoms with Crippen LogP contribution >= 0.6 is 0 Å². The molecule has 2 amide bonds. The Labute approximate surface area is 121 Å². The van der Waals surface area contributed by atoms with E-state index in [0.717, 1.165) is 23.8 Å². The highest BCUT2D eigenvalue weighted by atomic mass is 19.1. The van der Waals surface area contributed by atoms with Gasteiger partial charge in [-0.25, -0.2) is 9.29 Å². The number of hydrogen-bond donors (Lipinski definition) is 0. The average Bonchev–Trinajstić information content (AvgIpc) is 2.72. The number of halogens is 1. The molecule has 108 valence electrons. The Morgan fingerprint density at radius 1 is 1.10 bits per heavy atom. The fraction of sp³-hybridized carbons (Fsp3) is 0.312. The third kappa shape index (κ3) is 2.09. The summed E-state index contributed by atoms with van der Waals surface area (Å²) in [6, 6.07) is 3.73. The van der Waals surface area contributed by atoms with Gasteiger partial charge in [-0.2, -0.15) is 0 Å². The lowest BCUT2D eigenvalue weighted by Gasteiger charge is -2.16. The maximum Gasteiger partial charge on any atom is 0.261 e. The molecule has 0 radical (unpaired) electrons. The smallest absolute Gasteiger partial charge is 0.261 e. The van der Waals surface area contributed by atoms with Crippen molar-refractivity contribution in [1.29, 1.82) is 0 Å². The first kappa shape index (κ1) is 13.7. The van der Waals surface area contributed by atoms with E-state index in [0.29, 0.717) is 24.0 Å². The summed E-state index contributed by atoms with van der Waals surface area (Å²) >= 11 is 0. The number of amides is 2. The molecule has 1 aliphatic heterocycles. The lowest BCUT2D eigenvalue weighted by Crippen LogP contribution is -2.32. The first-order valence-corrected chi connectivity index (χ1v) is 6.92. The largest absolute Gasteiger partial charge is 0.295 e. The number of imide groups is 1. The third-order valence-corrected chi connectivity index (χ3v) is 3.98. The number of carbonyl (C=O) groups excluding carboxylic acids is 3. The second-order valence-electron chi connectivity index (χ2n) is 5.33. The van der Waals surface area contributed by atoms with Crippen molar-refractivity contribution in [3.8, 4) is 0 Å². The fourth-order valence-electron chi connectivity index (χ4n) is 2.86. The lowest BCUT2D eigenvalue weighted by atomic mass is 9.93. The zero-order valence-electron chi connectivity index (χ0n) is 11.6. The molecule has 1 aromatic rings. The molecule has 0 saturated heterocycles. The fourth-order valence-corrected chi connectivity index (χ4v) is 2.86. The van der Waals surface area contributed by atoms with Crippen LogP contribution in [0.15, 0.2) is 29.3 Å². The van der Waals surface area contributed by atoms with Crippen LogP contribution in [0.4, 0.5) is 10.1 Å². The number of ketones is 1. The van der Waals surface area contributed by atoms with Crippen LogP contribution in [0.3, 0.4) is 0 Å². The monoisotopic (exact) mass is 287 g/mol. The van der Waals surface area contributed by atoms with Crippen LogP contribution < -0.4 is 4.90 Å². The van der Waals surface area contributed by atoms with Crippen LogP contribution in [0.5, 0.6) is 0 Å². The highest BCUT2D eigenvalue weighted by molar-refractivity contribution is 6.33. The van der Waals surface area contributed by atoms with E-state index in [-0.39, 0.29) is 17.0 Å². The topological polar surface area (TPSA) is 54.5 Å². The number of carbonyl (C=O) groups is 3. The Morgan fingerprint density at radius 3 is 2.19 bits per heavy atom. The molecular formula is C16H14FNO3. The van der Waals surface area contributed by atoms with Crippen molar-refractivity contribution in [1.82, 2.24) is 0 Å². The van der Waals surface area contributed by atoms with Gasteiger partial charge in [-0.3, -0.25) is 14.4 Å². The summed E-state index contributed by atoms with van der Waals surface area (Å²) in [7, 11) is 0. The van der Waals surface area contributed by atoms with Crippen LogP contribution in [0.2, 0.25) is 0 Å². The zero-order valence-corrected chi connectivity index (χ0v) is 11.6. The summed E-state index contributed by atoms with van der Waals surface area (Å²) in [5.41, 5.74) is 1.14. The lowest BCUT2D eigenvalue weighted by molar-refractivity contribution is -0.120. The molecule has 0 spiro atoms. The van der Waals surface area contributed by atoms with Crippen molar-refractivity contribution >= 4 is 23.3 Å². The predicted octanol–water partition coefficient (Wildman–Crippen LogP) is 2.77. The van der Waals surface area contributed by atoms with Crippen molar-refractivity contribution in [2.24, 2.45) is 0 Å². The summed E-state index contributed by atoms with van der Waals surface area (Å²) < 4.78 is 14.0. The minimum atomic E-state index is -0.679. The standard InChI is InChI=1S/C16H14FNO3/c1-9(19)10-6-7-13(17)14(8-10)18-15(20)11-4-2-3-5-12(11)16(18)21/h6-8H,2-5H2,1H3. The molecule has 2 aliphatic rings. The first-order chi connectivity index (χ1) is 10.0. The van der Waals surface area contributed by atoms with E-state index in [1.165, 1.54) is 19.1 Å². The van der Waals surface area contributed by atoms with Crippen LogP contribution in [-0.4, -0.2) is 17.6 Å². The molecule has 21 heavy (non-hydrogen) atoms. The highest BCUT2D eigenvalue weighted by Crippen LogP contribution is 2.36. The number of rotatable bonds is 2. The first-order valence-electron chi connectivity index (χ1n) is 6.92. The summed E-state index contributed by atoms with van der Waals surface area (Å²) in [6.07, 6.45) is 2.85. The molecule has 1 aliphatic carbocycles. The minimum Gasteiger partial charge on any atom is -0.295 e. The second-order valence-corrected chi connectivity index (χ2v) is 5.33. The molecule has 0 atom stereocenters. The van der Waals surface area contributed by atoms with Crippen molar-refractivity contribution in [2.45, 2.75) is 32.6 Å². The molecule has 0 bridgehead atoms. The van der Waals surface area contributed by atoms with Gasteiger partial charge in [-0.1, -0.05) is 0 Å². The van der Waals surface area contributed by atoms with Gasteiger partial charge in [0.15, 0.2) is 5.78 Å². The third-order valence-electron chi connectivity index (χ3n) is 3.98. The normalized spacial score (nSPS) is 18.3. The van der Waals surface area contributed by atoms with Gasteiger partial charge in [0, 0.05) is 16.7 Å². The molecule has 0 aromatic heterocycles. The molecular weight excluding hydrogens is 273 g/mol. The Hall–Kier alpha value is -2.30. The van der Waals surface area contributed by atoms with E-state index in [2.05, 4.69) is 0 Å². The summed E-state index contributed by atoms with van der Waals surface area (Å²) in [5.74, 6) is -1.82. The van der Waals surface area contributed by atoms with Crippen molar-refractivity contribution in [3.63, 3.8) is 0 Å². The average molecular weight is 287 g/mol. The quantitative estimate of drug-likeness (QED) is 0.621. The maximum absolute atomic E-state index is 14.0. The number of nitrogens with zero attached hydrogens (tertiary/aromatic N) is 1. The summed E-state index contributed by atoms with van der Waals surface area (Å²) in [4.78, 5) is 37.0. The van der Waals surface area contributed by atoms with Crippen molar-refractivity contribution in [2.75, 3.05) is 4.90 Å². The van der Waals surface area contributed by atoms with Gasteiger partial charge in [0.25, 0.3) is 11.8 Å². The molecule has 1 heterocycles. The van der Waals surface area contributed by atoms with Gasteiger partial charge < -0.3 is 0 Å². The molecule has 3 rings (SSSR count). The van der Waals surface area contributed by atoms with Crippen LogP contribution in [0.1, 0.15) is 43.0 Å². The van der Waals surface area contributed by atoms with E-state index in [1.54, 1.807) is 0 Å². The van der Waals surface area contributed by atoms with Gasteiger partial charge in [0.2, 0.25) is 0 Å². The van der Waals surface area contributed by atoms with Gasteiger partial charge >= 0.3 is 0 Å². The Morgan fingerprint density at radius 2 is 1.67 bits per heavy atom. The number of hydrogen-bond acceptors (Lipinski definition) is 3. The van der Waals surface area contributed by atoms with Gasteiger partial charge in [-0.15, -0.1) is 0 Å². The van der Waals surface area contributed by atoms with Gasteiger partial charge in [0.05, 0.1) is 5.69 Å². The summed E-state index contributed by atoms with van der Waals surface area (Å²) in [6.45, 7) is 1.36. The molecule has 0 N–H and O–H groups in total. The molecule has 4 nitrogen and oxygen atoms in total. The van der Waals surface area contributed by atoms with Crippen LogP contribution in [-0.2, 0) is 9.59 Å². The van der Waals surface area contributed by atoms with E-state index in [4.69, 9.17) is 0 Å². The second kappa shape index (κ2) is 4.91. The summed E-state index contributed by atoms with van der Waals surface area (Å²) in [5, 5.41) is 0. The van der Waals surface area contributed by atoms with Crippen molar-refractivity contribution < 1.29 is 18.8 Å². The van der Waals surface area contributed by atoms with E-state index >= 15 is 0 Å². The van der Waals surface area contributed by atoms with Gasteiger partial charge in [-0.05, 0) is 50.8 Å². The molecule has 1 aromatic carbocycles. The Bertz CT molecular complexity index is 677. The SMILES string of the molecule is CC(=O)c1ccc(F)c(N2C(=O)C3=C(CCCC3)C2=O)c1. The van der Waals surface area contributed by atoms with Crippen molar-refractivity contribution in [3.05, 3.63) is 40.7 Å².